The van der Waals surface area contributed by atoms with Gasteiger partial charge in [-0.3, -0.25) is 5.10 Å². The van der Waals surface area contributed by atoms with Crippen LogP contribution in [0.15, 0.2) is 0 Å². The normalized spacial score (nSPS) is 17.6. The van der Waals surface area contributed by atoms with E-state index in [1.54, 1.807) is 7.11 Å². The van der Waals surface area contributed by atoms with E-state index >= 15 is 0 Å². The van der Waals surface area contributed by atoms with Gasteiger partial charge in [-0.05, 0) is 19.3 Å². The Balaban J connectivity index is 1.85. The molecule has 0 bridgehead atoms. The number of nitrogens with zero attached hydrogens (tertiary/aromatic N) is 3. The quantitative estimate of drug-likeness (QED) is 0.723. The molecule has 1 saturated heterocycles. The Morgan fingerprint density at radius 3 is 2.94 bits per heavy atom. The van der Waals surface area contributed by atoms with Gasteiger partial charge in [-0.25, -0.2) is 0 Å². The number of hydrogen-bond acceptors (Lipinski definition) is 5. The fourth-order valence-electron chi connectivity index (χ4n) is 2.02. The summed E-state index contributed by atoms with van der Waals surface area (Å²) in [5, 5.41) is 7.24. The Morgan fingerprint density at radius 2 is 2.24 bits per heavy atom. The Kier molecular flexibility index (Phi) is 4.33. The van der Waals surface area contributed by atoms with E-state index in [1.165, 1.54) is 0 Å². The van der Waals surface area contributed by atoms with Crippen molar-refractivity contribution in [3.63, 3.8) is 0 Å². The summed E-state index contributed by atoms with van der Waals surface area (Å²) in [6, 6.07) is 0.339. The molecule has 2 heterocycles. The fourth-order valence-corrected chi connectivity index (χ4v) is 2.02. The highest BCUT2D eigenvalue weighted by Gasteiger charge is 2.19. The number of methoxy groups -OCH3 is 1. The summed E-state index contributed by atoms with van der Waals surface area (Å²) < 4.78 is 5.01. The highest BCUT2D eigenvalue weighted by atomic mass is 16.5. The maximum absolute atomic E-state index is 5.87. The first-order chi connectivity index (χ1) is 8.29. The Labute approximate surface area is 102 Å². The summed E-state index contributed by atoms with van der Waals surface area (Å²) in [5.41, 5.74) is 5.87. The molecular formula is C11H21N5O. The summed E-state index contributed by atoms with van der Waals surface area (Å²) in [6.07, 6.45) is 3.89. The maximum Gasteiger partial charge on any atom is 0.244 e. The third-order valence-electron chi connectivity index (χ3n) is 3.10. The number of ether oxygens (including phenoxy) is 1. The van der Waals surface area contributed by atoms with Gasteiger partial charge in [-0.15, -0.1) is 5.10 Å². The SMILES string of the molecule is COCCCc1nc(N2CCC(N)CC2)n[nH]1. The second-order valence-electron chi connectivity index (χ2n) is 4.50. The fraction of sp³-hybridized carbons (Fsp3) is 0.818. The van der Waals surface area contributed by atoms with E-state index in [0.29, 0.717) is 6.04 Å². The van der Waals surface area contributed by atoms with Crippen molar-refractivity contribution in [2.45, 2.75) is 31.7 Å². The Hall–Kier alpha value is -1.14. The number of nitrogens with one attached hydrogen (secondary N) is 1. The van der Waals surface area contributed by atoms with E-state index in [4.69, 9.17) is 10.5 Å². The van der Waals surface area contributed by atoms with Crippen molar-refractivity contribution >= 4 is 5.95 Å². The third kappa shape index (κ3) is 3.41. The highest BCUT2D eigenvalue weighted by Crippen LogP contribution is 2.15. The minimum Gasteiger partial charge on any atom is -0.385 e. The molecule has 6 nitrogen and oxygen atoms in total. The molecule has 1 aliphatic heterocycles. The molecule has 0 radical (unpaired) electrons. The van der Waals surface area contributed by atoms with E-state index in [9.17, 15) is 0 Å². The molecule has 1 aromatic rings. The van der Waals surface area contributed by atoms with Crippen molar-refractivity contribution in [3.05, 3.63) is 5.82 Å². The number of hydrogen-bond donors (Lipinski definition) is 2. The standard InChI is InChI=1S/C11H21N5O/c1-17-8-2-3-10-13-11(15-14-10)16-6-4-9(12)5-7-16/h9H,2-8,12H2,1H3,(H,13,14,15). The second kappa shape index (κ2) is 5.97. The monoisotopic (exact) mass is 239 g/mol. The molecule has 0 aromatic carbocycles. The van der Waals surface area contributed by atoms with Gasteiger partial charge in [0.05, 0.1) is 0 Å². The minimum atomic E-state index is 0.339. The van der Waals surface area contributed by atoms with Crippen LogP contribution < -0.4 is 10.6 Å². The zero-order valence-corrected chi connectivity index (χ0v) is 10.4. The van der Waals surface area contributed by atoms with Crippen molar-refractivity contribution in [1.29, 1.82) is 0 Å². The maximum atomic E-state index is 5.87. The first kappa shape index (κ1) is 12.3. The highest BCUT2D eigenvalue weighted by molar-refractivity contribution is 5.29. The van der Waals surface area contributed by atoms with Gasteiger partial charge in [-0.2, -0.15) is 4.98 Å². The molecule has 0 saturated carbocycles. The molecule has 6 heteroatoms. The molecule has 1 aromatic heterocycles. The Morgan fingerprint density at radius 1 is 1.47 bits per heavy atom. The summed E-state index contributed by atoms with van der Waals surface area (Å²) in [4.78, 5) is 6.69. The number of piperidine rings is 1. The van der Waals surface area contributed by atoms with Crippen molar-refractivity contribution in [2.75, 3.05) is 31.7 Å². The molecular weight excluding hydrogens is 218 g/mol. The number of nitrogens with two attached hydrogens (primary N) is 1. The van der Waals surface area contributed by atoms with Gasteiger partial charge in [0, 0.05) is 39.3 Å². The van der Waals surface area contributed by atoms with Crippen molar-refractivity contribution in [3.8, 4) is 0 Å². The largest absolute Gasteiger partial charge is 0.385 e. The van der Waals surface area contributed by atoms with Gasteiger partial charge >= 0.3 is 0 Å². The number of H-pyrrole nitrogens is 1. The van der Waals surface area contributed by atoms with E-state index < -0.39 is 0 Å². The Bertz CT molecular complexity index is 332. The van der Waals surface area contributed by atoms with Crippen LogP contribution in [0.25, 0.3) is 0 Å². The van der Waals surface area contributed by atoms with Crippen molar-refractivity contribution in [1.82, 2.24) is 15.2 Å². The van der Waals surface area contributed by atoms with Gasteiger partial charge in [-0.1, -0.05) is 0 Å². The van der Waals surface area contributed by atoms with Crippen LogP contribution in [0.5, 0.6) is 0 Å². The molecule has 17 heavy (non-hydrogen) atoms. The van der Waals surface area contributed by atoms with E-state index in [-0.39, 0.29) is 0 Å². The topological polar surface area (TPSA) is 80.1 Å². The van der Waals surface area contributed by atoms with E-state index in [1.807, 2.05) is 0 Å². The lowest BCUT2D eigenvalue weighted by atomic mass is 10.1. The van der Waals surface area contributed by atoms with Gasteiger partial charge in [0.15, 0.2) is 0 Å². The predicted octanol–water partition coefficient (Wildman–Crippen LogP) is 0.311. The summed E-state index contributed by atoms with van der Waals surface area (Å²) >= 11 is 0. The van der Waals surface area contributed by atoms with Crippen molar-refractivity contribution < 1.29 is 4.74 Å². The molecule has 1 fully saturated rings. The van der Waals surface area contributed by atoms with Gasteiger partial charge < -0.3 is 15.4 Å². The number of rotatable bonds is 5. The van der Waals surface area contributed by atoms with Crippen LogP contribution in [0.1, 0.15) is 25.1 Å². The zero-order valence-electron chi connectivity index (χ0n) is 10.4. The first-order valence-corrected chi connectivity index (χ1v) is 6.20. The molecule has 2 rings (SSSR count). The van der Waals surface area contributed by atoms with Crippen LogP contribution in [0, 0.1) is 0 Å². The number of aromatic nitrogens is 3. The minimum absolute atomic E-state index is 0.339. The lowest BCUT2D eigenvalue weighted by molar-refractivity contribution is 0.194. The molecule has 1 aliphatic rings. The molecule has 0 amide bonds. The molecule has 0 atom stereocenters. The number of aromatic amines is 1. The van der Waals surface area contributed by atoms with E-state index in [2.05, 4.69) is 20.1 Å². The first-order valence-electron chi connectivity index (χ1n) is 6.20. The van der Waals surface area contributed by atoms with Gasteiger partial charge in [0.25, 0.3) is 0 Å². The zero-order chi connectivity index (χ0) is 12.1. The van der Waals surface area contributed by atoms with Gasteiger partial charge in [0.1, 0.15) is 5.82 Å². The van der Waals surface area contributed by atoms with Crippen LogP contribution in [-0.2, 0) is 11.2 Å². The summed E-state index contributed by atoms with van der Waals surface area (Å²) in [5.74, 6) is 1.75. The molecule has 3 N–H and O–H groups in total. The van der Waals surface area contributed by atoms with Crippen molar-refractivity contribution in [2.24, 2.45) is 5.73 Å². The van der Waals surface area contributed by atoms with Crippen LogP contribution in [0.3, 0.4) is 0 Å². The van der Waals surface area contributed by atoms with E-state index in [0.717, 1.165) is 57.2 Å². The smallest absolute Gasteiger partial charge is 0.244 e. The second-order valence-corrected chi connectivity index (χ2v) is 4.50. The van der Waals surface area contributed by atoms with Crippen LogP contribution in [-0.4, -0.2) is 48.0 Å². The summed E-state index contributed by atoms with van der Waals surface area (Å²) in [6.45, 7) is 2.67. The molecule has 0 spiro atoms. The average molecular weight is 239 g/mol. The lowest BCUT2D eigenvalue weighted by Crippen LogP contribution is -2.40. The summed E-state index contributed by atoms with van der Waals surface area (Å²) in [7, 11) is 1.71. The van der Waals surface area contributed by atoms with Crippen LogP contribution in [0.4, 0.5) is 5.95 Å². The van der Waals surface area contributed by atoms with Crippen LogP contribution in [0.2, 0.25) is 0 Å². The number of aryl methyl sites for hydroxylation is 1. The average Bonchev–Trinajstić information content (AvgIpc) is 2.79. The molecule has 96 valence electrons. The predicted molar refractivity (Wildman–Crippen MR) is 66.0 cm³/mol. The molecule has 0 unspecified atom stereocenters. The lowest BCUT2D eigenvalue weighted by Gasteiger charge is -2.28. The third-order valence-corrected chi connectivity index (χ3v) is 3.10. The van der Waals surface area contributed by atoms with Gasteiger partial charge in [0.2, 0.25) is 5.95 Å². The molecule has 0 aliphatic carbocycles. The van der Waals surface area contributed by atoms with Crippen LogP contribution >= 0.6 is 0 Å². The number of anilines is 1.